The molecule has 1 aromatic carbocycles. The molecule has 1 aromatic rings. The van der Waals surface area contributed by atoms with E-state index in [0.29, 0.717) is 6.42 Å². The smallest absolute Gasteiger partial charge is 0.227 e. The molecule has 1 heterocycles. The van der Waals surface area contributed by atoms with Crippen molar-refractivity contribution in [1.82, 2.24) is 4.90 Å². The Hall–Kier alpha value is -1.35. The minimum absolute atomic E-state index is 0.104. The molecule has 0 saturated carbocycles. The fourth-order valence-electron chi connectivity index (χ4n) is 2.69. The Morgan fingerprint density at radius 3 is 2.63 bits per heavy atom. The number of aliphatic hydroxyl groups excluding tert-OH is 1. The van der Waals surface area contributed by atoms with Crippen molar-refractivity contribution in [2.45, 2.75) is 51.7 Å². The summed E-state index contributed by atoms with van der Waals surface area (Å²) < 4.78 is 0. The molecule has 1 aliphatic heterocycles. The Morgan fingerprint density at radius 2 is 2.00 bits per heavy atom. The van der Waals surface area contributed by atoms with Crippen molar-refractivity contribution in [2.24, 2.45) is 0 Å². The van der Waals surface area contributed by atoms with E-state index < -0.39 is 11.6 Å². The predicted octanol–water partition coefficient (Wildman–Crippen LogP) is 2.30. The van der Waals surface area contributed by atoms with Crippen molar-refractivity contribution in [1.29, 1.82) is 0 Å². The van der Waals surface area contributed by atoms with Gasteiger partial charge in [-0.25, -0.2) is 0 Å². The summed E-state index contributed by atoms with van der Waals surface area (Å²) in [4.78, 5) is 14.3. The number of aryl methyl sites for hydroxylation is 1. The first-order valence-corrected chi connectivity index (χ1v) is 6.95. The van der Waals surface area contributed by atoms with E-state index in [1.807, 2.05) is 49.9 Å². The Morgan fingerprint density at radius 1 is 1.37 bits per heavy atom. The van der Waals surface area contributed by atoms with Gasteiger partial charge in [-0.1, -0.05) is 29.8 Å². The Bertz CT molecular complexity index is 450. The fraction of sp³-hybridized carbons (Fsp3) is 0.562. The molecule has 1 saturated heterocycles. The highest BCUT2D eigenvalue weighted by molar-refractivity contribution is 5.79. The maximum absolute atomic E-state index is 12.4. The minimum Gasteiger partial charge on any atom is -0.391 e. The van der Waals surface area contributed by atoms with Gasteiger partial charge in [0.2, 0.25) is 5.91 Å². The van der Waals surface area contributed by atoms with Gasteiger partial charge >= 0.3 is 0 Å². The summed E-state index contributed by atoms with van der Waals surface area (Å²) in [5.74, 6) is 0.104. The van der Waals surface area contributed by atoms with Crippen molar-refractivity contribution in [3.05, 3.63) is 35.4 Å². The molecule has 1 atom stereocenters. The maximum Gasteiger partial charge on any atom is 0.227 e. The molecule has 1 amide bonds. The number of rotatable bonds is 2. The lowest BCUT2D eigenvalue weighted by atomic mass is 9.87. The summed E-state index contributed by atoms with van der Waals surface area (Å²) >= 11 is 0. The third-order valence-electron chi connectivity index (χ3n) is 4.15. The van der Waals surface area contributed by atoms with Crippen LogP contribution in [0.2, 0.25) is 0 Å². The lowest BCUT2D eigenvalue weighted by Gasteiger charge is -2.46. The average Bonchev–Trinajstić information content (AvgIpc) is 2.35. The Kier molecular flexibility index (Phi) is 3.95. The van der Waals surface area contributed by atoms with E-state index in [4.69, 9.17) is 0 Å². The quantitative estimate of drug-likeness (QED) is 0.887. The van der Waals surface area contributed by atoms with E-state index in [1.165, 1.54) is 5.56 Å². The molecule has 1 fully saturated rings. The van der Waals surface area contributed by atoms with Crippen molar-refractivity contribution in [3.63, 3.8) is 0 Å². The number of benzene rings is 1. The molecule has 1 N–H and O–H groups in total. The van der Waals surface area contributed by atoms with Gasteiger partial charge in [0.1, 0.15) is 0 Å². The second-order valence-electron chi connectivity index (χ2n) is 6.02. The monoisotopic (exact) mass is 261 g/mol. The predicted molar refractivity (Wildman–Crippen MR) is 75.9 cm³/mol. The van der Waals surface area contributed by atoms with Crippen LogP contribution in [-0.4, -0.2) is 34.1 Å². The first kappa shape index (κ1) is 14.1. The molecule has 0 bridgehead atoms. The van der Waals surface area contributed by atoms with Crippen LogP contribution in [0.1, 0.15) is 37.8 Å². The third-order valence-corrected chi connectivity index (χ3v) is 4.15. The van der Waals surface area contributed by atoms with Crippen LogP contribution >= 0.6 is 0 Å². The number of amides is 1. The molecule has 0 aromatic heterocycles. The van der Waals surface area contributed by atoms with Gasteiger partial charge in [-0.3, -0.25) is 4.79 Å². The number of aliphatic hydroxyl groups is 1. The highest BCUT2D eigenvalue weighted by Crippen LogP contribution is 2.28. The highest BCUT2D eigenvalue weighted by Gasteiger charge is 2.39. The summed E-state index contributed by atoms with van der Waals surface area (Å²) in [6.45, 7) is 6.68. The summed E-state index contributed by atoms with van der Waals surface area (Å²) in [6.07, 6.45) is 1.64. The second kappa shape index (κ2) is 5.33. The normalized spacial score (nSPS) is 22.3. The van der Waals surface area contributed by atoms with Gasteiger partial charge in [0.15, 0.2) is 0 Å². The standard InChI is InChI=1S/C16H23NO2/c1-12-6-8-13(9-7-12)11-15(19)17-10-4-5-14(18)16(17,2)3/h6-9,14,18H,4-5,10-11H2,1-3H3. The van der Waals surface area contributed by atoms with Crippen LogP contribution in [-0.2, 0) is 11.2 Å². The van der Waals surface area contributed by atoms with Gasteiger partial charge in [0, 0.05) is 6.54 Å². The number of piperidine rings is 1. The van der Waals surface area contributed by atoms with Crippen LogP contribution in [0, 0.1) is 6.92 Å². The minimum atomic E-state index is -0.458. The first-order valence-electron chi connectivity index (χ1n) is 6.95. The zero-order valence-corrected chi connectivity index (χ0v) is 12.0. The van der Waals surface area contributed by atoms with E-state index in [0.717, 1.165) is 24.9 Å². The highest BCUT2D eigenvalue weighted by atomic mass is 16.3. The van der Waals surface area contributed by atoms with Crippen LogP contribution in [0.3, 0.4) is 0 Å². The number of hydrogen-bond donors (Lipinski definition) is 1. The van der Waals surface area contributed by atoms with Crippen LogP contribution < -0.4 is 0 Å². The summed E-state index contributed by atoms with van der Waals surface area (Å²) in [6, 6.07) is 8.05. The average molecular weight is 261 g/mol. The molecule has 1 aliphatic rings. The van der Waals surface area contributed by atoms with Crippen molar-refractivity contribution >= 4 is 5.91 Å². The van der Waals surface area contributed by atoms with Crippen molar-refractivity contribution in [3.8, 4) is 0 Å². The molecular formula is C16H23NO2. The zero-order valence-electron chi connectivity index (χ0n) is 12.0. The number of carbonyl (C=O) groups excluding carboxylic acids is 1. The van der Waals surface area contributed by atoms with Crippen LogP contribution in [0.25, 0.3) is 0 Å². The summed E-state index contributed by atoms with van der Waals surface area (Å²) in [5.41, 5.74) is 1.77. The van der Waals surface area contributed by atoms with Crippen LogP contribution in [0.5, 0.6) is 0 Å². The van der Waals surface area contributed by atoms with Gasteiger partial charge in [0.25, 0.3) is 0 Å². The number of nitrogens with zero attached hydrogens (tertiary/aromatic N) is 1. The largest absolute Gasteiger partial charge is 0.391 e. The van der Waals surface area contributed by atoms with Crippen LogP contribution in [0.4, 0.5) is 0 Å². The molecule has 0 spiro atoms. The van der Waals surface area contributed by atoms with Gasteiger partial charge in [-0.15, -0.1) is 0 Å². The molecule has 19 heavy (non-hydrogen) atoms. The fourth-order valence-corrected chi connectivity index (χ4v) is 2.69. The van der Waals surface area contributed by atoms with Gasteiger partial charge in [0.05, 0.1) is 18.1 Å². The topological polar surface area (TPSA) is 40.5 Å². The Balaban J connectivity index is 2.09. The van der Waals surface area contributed by atoms with Gasteiger partial charge in [-0.05, 0) is 39.2 Å². The van der Waals surface area contributed by atoms with Crippen LogP contribution in [0.15, 0.2) is 24.3 Å². The molecule has 1 unspecified atom stereocenters. The number of hydrogen-bond acceptors (Lipinski definition) is 2. The lowest BCUT2D eigenvalue weighted by Crippen LogP contribution is -2.58. The van der Waals surface area contributed by atoms with E-state index in [9.17, 15) is 9.90 Å². The summed E-state index contributed by atoms with van der Waals surface area (Å²) in [5, 5.41) is 10.1. The lowest BCUT2D eigenvalue weighted by molar-refractivity contribution is -0.144. The van der Waals surface area contributed by atoms with Crippen molar-refractivity contribution < 1.29 is 9.90 Å². The molecular weight excluding hydrogens is 238 g/mol. The van der Waals surface area contributed by atoms with E-state index >= 15 is 0 Å². The molecule has 2 rings (SSSR count). The molecule has 3 nitrogen and oxygen atoms in total. The molecule has 3 heteroatoms. The molecule has 104 valence electrons. The first-order chi connectivity index (χ1) is 8.91. The zero-order chi connectivity index (χ0) is 14.0. The SMILES string of the molecule is Cc1ccc(CC(=O)N2CCCC(O)C2(C)C)cc1. The molecule has 0 radical (unpaired) electrons. The maximum atomic E-state index is 12.4. The van der Waals surface area contributed by atoms with E-state index in [1.54, 1.807) is 0 Å². The second-order valence-corrected chi connectivity index (χ2v) is 6.02. The van der Waals surface area contributed by atoms with E-state index in [2.05, 4.69) is 0 Å². The van der Waals surface area contributed by atoms with Gasteiger partial charge < -0.3 is 10.0 Å². The Labute approximate surface area is 115 Å². The van der Waals surface area contributed by atoms with E-state index in [-0.39, 0.29) is 5.91 Å². The molecule has 0 aliphatic carbocycles. The number of carbonyl (C=O) groups is 1. The third kappa shape index (κ3) is 2.98. The number of likely N-dealkylation sites (tertiary alicyclic amines) is 1. The summed E-state index contributed by atoms with van der Waals surface area (Å²) in [7, 11) is 0. The van der Waals surface area contributed by atoms with Crippen molar-refractivity contribution in [2.75, 3.05) is 6.54 Å². The van der Waals surface area contributed by atoms with Gasteiger partial charge in [-0.2, -0.15) is 0 Å².